The van der Waals surface area contributed by atoms with E-state index in [1.165, 1.54) is 12.1 Å². The minimum absolute atomic E-state index is 0.186. The molecule has 1 aromatic rings. The second kappa shape index (κ2) is 5.18. The lowest BCUT2D eigenvalue weighted by Gasteiger charge is -2.21. The average Bonchev–Trinajstić information content (AvgIpc) is 2.20. The number of phenolic OH excluding ortho intramolecular Hbond substituents is 2. The Hall–Kier alpha value is -1.26. The van der Waals surface area contributed by atoms with Crippen molar-refractivity contribution in [3.63, 3.8) is 0 Å². The highest BCUT2D eigenvalue weighted by molar-refractivity contribution is 5.41. The molecule has 0 unspecified atom stereocenters. The van der Waals surface area contributed by atoms with E-state index in [9.17, 15) is 10.2 Å². The molecule has 0 spiro atoms. The second-order valence-corrected chi connectivity index (χ2v) is 4.47. The zero-order valence-electron chi connectivity index (χ0n) is 9.59. The molecule has 0 saturated carbocycles. The van der Waals surface area contributed by atoms with Gasteiger partial charge in [-0.2, -0.15) is 0 Å². The van der Waals surface area contributed by atoms with Gasteiger partial charge in [0, 0.05) is 0 Å². The molecule has 0 aromatic heterocycles. The van der Waals surface area contributed by atoms with Crippen molar-refractivity contribution in [2.75, 3.05) is 0 Å². The Morgan fingerprint density at radius 1 is 1.19 bits per heavy atom. The van der Waals surface area contributed by atoms with Crippen LogP contribution in [0, 0.1) is 5.92 Å². The summed E-state index contributed by atoms with van der Waals surface area (Å²) in [4.78, 5) is 0. The number of aliphatic hydroxyl groups is 1. The van der Waals surface area contributed by atoms with E-state index >= 15 is 0 Å². The first-order chi connectivity index (χ1) is 7.41. The van der Waals surface area contributed by atoms with Gasteiger partial charge in [0.25, 0.3) is 0 Å². The zero-order valence-corrected chi connectivity index (χ0v) is 9.59. The molecular formula is C12H19NO3. The molecule has 90 valence electrons. The van der Waals surface area contributed by atoms with E-state index in [1.807, 2.05) is 13.8 Å². The van der Waals surface area contributed by atoms with Crippen molar-refractivity contribution < 1.29 is 15.3 Å². The fourth-order valence-electron chi connectivity index (χ4n) is 1.60. The zero-order chi connectivity index (χ0) is 12.3. The van der Waals surface area contributed by atoms with Gasteiger partial charge in [0.2, 0.25) is 0 Å². The Labute approximate surface area is 95.3 Å². The summed E-state index contributed by atoms with van der Waals surface area (Å²) in [7, 11) is 0. The van der Waals surface area contributed by atoms with Gasteiger partial charge in [-0.1, -0.05) is 19.9 Å². The summed E-state index contributed by atoms with van der Waals surface area (Å²) >= 11 is 0. The Bertz CT molecular complexity index is 352. The monoisotopic (exact) mass is 225 g/mol. The molecule has 2 atom stereocenters. The first-order valence-corrected chi connectivity index (χ1v) is 5.37. The fraction of sp³-hybridized carbons (Fsp3) is 0.500. The van der Waals surface area contributed by atoms with E-state index < -0.39 is 12.1 Å². The highest BCUT2D eigenvalue weighted by Crippen LogP contribution is 2.29. The molecule has 1 aromatic carbocycles. The van der Waals surface area contributed by atoms with Crippen LogP contribution in [0.4, 0.5) is 0 Å². The topological polar surface area (TPSA) is 86.7 Å². The van der Waals surface area contributed by atoms with Crippen LogP contribution in [0.3, 0.4) is 0 Å². The van der Waals surface area contributed by atoms with Gasteiger partial charge < -0.3 is 21.1 Å². The van der Waals surface area contributed by atoms with Crippen LogP contribution in [0.5, 0.6) is 11.5 Å². The van der Waals surface area contributed by atoms with Crippen LogP contribution in [0.2, 0.25) is 0 Å². The third-order valence-electron chi connectivity index (χ3n) is 2.51. The Kier molecular flexibility index (Phi) is 4.15. The van der Waals surface area contributed by atoms with Crippen molar-refractivity contribution in [1.82, 2.24) is 0 Å². The second-order valence-electron chi connectivity index (χ2n) is 4.47. The Morgan fingerprint density at radius 3 is 2.31 bits per heavy atom. The lowest BCUT2D eigenvalue weighted by atomic mass is 9.95. The Balaban J connectivity index is 2.79. The minimum atomic E-state index is -0.649. The molecule has 4 heteroatoms. The van der Waals surface area contributed by atoms with Gasteiger partial charge in [-0.05, 0) is 30.0 Å². The number of benzene rings is 1. The molecule has 0 amide bonds. The lowest BCUT2D eigenvalue weighted by Crippen LogP contribution is -2.27. The number of rotatable bonds is 4. The van der Waals surface area contributed by atoms with Gasteiger partial charge in [0.05, 0.1) is 12.1 Å². The minimum Gasteiger partial charge on any atom is -0.504 e. The van der Waals surface area contributed by atoms with Crippen molar-refractivity contribution in [2.24, 2.45) is 11.7 Å². The van der Waals surface area contributed by atoms with Gasteiger partial charge in [0.15, 0.2) is 11.5 Å². The maximum atomic E-state index is 9.83. The summed E-state index contributed by atoms with van der Waals surface area (Å²) in [5.41, 5.74) is 6.48. The number of hydrogen-bond donors (Lipinski definition) is 4. The van der Waals surface area contributed by atoms with Gasteiger partial charge in [-0.15, -0.1) is 0 Å². The van der Waals surface area contributed by atoms with Crippen molar-refractivity contribution in [3.8, 4) is 11.5 Å². The molecule has 0 saturated heterocycles. The summed E-state index contributed by atoms with van der Waals surface area (Å²) < 4.78 is 0. The Morgan fingerprint density at radius 2 is 1.81 bits per heavy atom. The predicted octanol–water partition coefficient (Wildman–Crippen LogP) is 1.50. The fourth-order valence-corrected chi connectivity index (χ4v) is 1.60. The first-order valence-electron chi connectivity index (χ1n) is 5.37. The summed E-state index contributed by atoms with van der Waals surface area (Å²) in [6.07, 6.45) is -0.0491. The molecule has 0 aliphatic rings. The summed E-state index contributed by atoms with van der Waals surface area (Å²) in [5.74, 6) is -0.0502. The smallest absolute Gasteiger partial charge is 0.157 e. The SMILES string of the molecule is CC(C)C[C@H](O)[C@H](N)c1ccc(O)c(O)c1. The third kappa shape index (κ3) is 3.12. The molecule has 0 fully saturated rings. The van der Waals surface area contributed by atoms with E-state index in [4.69, 9.17) is 10.8 Å². The van der Waals surface area contributed by atoms with E-state index in [-0.39, 0.29) is 11.5 Å². The molecule has 4 nitrogen and oxygen atoms in total. The van der Waals surface area contributed by atoms with E-state index in [2.05, 4.69) is 0 Å². The van der Waals surface area contributed by atoms with E-state index in [1.54, 1.807) is 6.07 Å². The van der Waals surface area contributed by atoms with Gasteiger partial charge in [-0.3, -0.25) is 0 Å². The molecule has 0 heterocycles. The van der Waals surface area contributed by atoms with Crippen molar-refractivity contribution in [1.29, 1.82) is 0 Å². The molecule has 1 rings (SSSR count). The van der Waals surface area contributed by atoms with Crippen LogP contribution in [0.1, 0.15) is 31.9 Å². The van der Waals surface area contributed by atoms with Crippen LogP contribution in [-0.4, -0.2) is 21.4 Å². The quantitative estimate of drug-likeness (QED) is 0.585. The number of nitrogens with two attached hydrogens (primary N) is 1. The normalized spacial score (nSPS) is 15.1. The van der Waals surface area contributed by atoms with Crippen LogP contribution in [0.15, 0.2) is 18.2 Å². The van der Waals surface area contributed by atoms with Crippen LogP contribution in [0.25, 0.3) is 0 Å². The van der Waals surface area contributed by atoms with Crippen LogP contribution >= 0.6 is 0 Å². The summed E-state index contributed by atoms with van der Waals surface area (Å²) in [6, 6.07) is 3.80. The molecular weight excluding hydrogens is 206 g/mol. The van der Waals surface area contributed by atoms with Gasteiger partial charge >= 0.3 is 0 Å². The number of aromatic hydroxyl groups is 2. The molecule has 0 aliphatic carbocycles. The molecule has 0 aliphatic heterocycles. The van der Waals surface area contributed by atoms with Crippen molar-refractivity contribution in [2.45, 2.75) is 32.4 Å². The first kappa shape index (κ1) is 12.8. The number of phenols is 2. The molecule has 16 heavy (non-hydrogen) atoms. The molecule has 5 N–H and O–H groups in total. The molecule has 0 radical (unpaired) electrons. The van der Waals surface area contributed by atoms with Gasteiger partial charge in [0.1, 0.15) is 0 Å². The summed E-state index contributed by atoms with van der Waals surface area (Å²) in [6.45, 7) is 4.01. The lowest BCUT2D eigenvalue weighted by molar-refractivity contribution is 0.121. The largest absolute Gasteiger partial charge is 0.504 e. The average molecular weight is 225 g/mol. The number of hydrogen-bond acceptors (Lipinski definition) is 4. The third-order valence-corrected chi connectivity index (χ3v) is 2.51. The highest BCUT2D eigenvalue weighted by atomic mass is 16.3. The van der Waals surface area contributed by atoms with Crippen LogP contribution in [-0.2, 0) is 0 Å². The van der Waals surface area contributed by atoms with Gasteiger partial charge in [-0.25, -0.2) is 0 Å². The van der Waals surface area contributed by atoms with E-state index in [0.29, 0.717) is 17.9 Å². The number of aliphatic hydroxyl groups excluding tert-OH is 1. The maximum absolute atomic E-state index is 9.83. The predicted molar refractivity (Wildman–Crippen MR) is 62.2 cm³/mol. The standard InChI is InChI=1S/C12H19NO3/c1-7(2)5-11(16)12(13)8-3-4-9(14)10(15)6-8/h3-4,6-7,11-12,14-16H,5,13H2,1-2H3/t11-,12+/m0/s1. The molecule has 0 bridgehead atoms. The van der Waals surface area contributed by atoms with Crippen LogP contribution < -0.4 is 5.73 Å². The summed E-state index contributed by atoms with van der Waals surface area (Å²) in [5, 5.41) is 28.3. The van der Waals surface area contributed by atoms with Crippen molar-refractivity contribution in [3.05, 3.63) is 23.8 Å². The van der Waals surface area contributed by atoms with Crippen molar-refractivity contribution >= 4 is 0 Å². The highest BCUT2D eigenvalue weighted by Gasteiger charge is 2.18. The maximum Gasteiger partial charge on any atom is 0.157 e. The van der Waals surface area contributed by atoms with E-state index in [0.717, 1.165) is 0 Å².